The molecule has 0 bridgehead atoms. The summed E-state index contributed by atoms with van der Waals surface area (Å²) in [7, 11) is 0. The Hall–Kier alpha value is -2.40. The zero-order valence-electron chi connectivity index (χ0n) is 15.0. The predicted octanol–water partition coefficient (Wildman–Crippen LogP) is 8.07. The predicted molar refractivity (Wildman–Crippen MR) is 82.4 cm³/mol. The maximum Gasteiger partial charge on any atom is 0.416 e. The maximum absolute atomic E-state index is 12.2. The Morgan fingerprint density at radius 3 is 1.20 bits per heavy atom. The summed E-state index contributed by atoms with van der Waals surface area (Å²) < 4.78 is 146. The first-order valence-corrected chi connectivity index (χ1v) is 7.74. The van der Waals surface area contributed by atoms with Gasteiger partial charge in [0.05, 0.1) is 22.3 Å². The minimum absolute atomic E-state index is 0.0721. The van der Waals surface area contributed by atoms with Crippen molar-refractivity contribution in [2.45, 2.75) is 38.6 Å². The molecule has 0 aliphatic rings. The third-order valence-electron chi connectivity index (χ3n) is 3.60. The number of aryl methyl sites for hydroxylation is 2. The molecule has 0 atom stereocenters. The topological polar surface area (TPSA) is 0 Å². The van der Waals surface area contributed by atoms with E-state index in [4.69, 9.17) is 0 Å². The van der Waals surface area contributed by atoms with E-state index in [9.17, 15) is 52.7 Å². The molecule has 168 valence electrons. The molecule has 2 rings (SSSR count). The Bertz CT molecular complexity index is 834. The number of hydrogen-bond acceptors (Lipinski definition) is 0. The molecule has 0 heterocycles. The average Bonchev–Trinajstić information content (AvgIpc) is 2.51. The van der Waals surface area contributed by atoms with Crippen LogP contribution in [0.1, 0.15) is 33.4 Å². The van der Waals surface area contributed by atoms with Crippen molar-refractivity contribution in [2.24, 2.45) is 0 Å². The van der Waals surface area contributed by atoms with Crippen LogP contribution in [-0.4, -0.2) is 0 Å². The van der Waals surface area contributed by atoms with Crippen LogP contribution in [0.25, 0.3) is 0 Å². The monoisotopic (exact) mass is 456 g/mol. The van der Waals surface area contributed by atoms with Crippen molar-refractivity contribution in [1.29, 1.82) is 0 Å². The van der Waals surface area contributed by atoms with Crippen LogP contribution < -0.4 is 0 Å². The molecule has 0 aromatic heterocycles. The van der Waals surface area contributed by atoms with Gasteiger partial charge in [0.2, 0.25) is 0 Å². The molecule has 2 aromatic carbocycles. The summed E-state index contributed by atoms with van der Waals surface area (Å²) in [6.07, 6.45) is -19.0. The van der Waals surface area contributed by atoms with Crippen molar-refractivity contribution < 1.29 is 52.7 Å². The van der Waals surface area contributed by atoms with Gasteiger partial charge in [-0.25, -0.2) is 0 Å². The van der Waals surface area contributed by atoms with Crippen LogP contribution in [0.2, 0.25) is 0 Å². The van der Waals surface area contributed by atoms with Gasteiger partial charge in [0.1, 0.15) is 0 Å². The van der Waals surface area contributed by atoms with E-state index in [2.05, 4.69) is 0 Å². The van der Waals surface area contributed by atoms with Crippen molar-refractivity contribution >= 4 is 0 Å². The Kier molecular flexibility index (Phi) is 7.16. The zero-order chi connectivity index (χ0) is 23.7. The first kappa shape index (κ1) is 25.6. The van der Waals surface area contributed by atoms with Gasteiger partial charge in [0.15, 0.2) is 0 Å². The molecule has 0 radical (unpaired) electrons. The van der Waals surface area contributed by atoms with Crippen LogP contribution in [-0.2, 0) is 24.7 Å². The highest BCUT2D eigenvalue weighted by molar-refractivity contribution is 5.34. The highest BCUT2D eigenvalue weighted by Crippen LogP contribution is 2.37. The first-order chi connectivity index (χ1) is 13.2. The number of halogens is 12. The van der Waals surface area contributed by atoms with Crippen molar-refractivity contribution in [2.75, 3.05) is 0 Å². The second-order valence-corrected chi connectivity index (χ2v) is 6.11. The van der Waals surface area contributed by atoms with Gasteiger partial charge < -0.3 is 0 Å². The number of rotatable bonds is 0. The maximum atomic E-state index is 12.2. The summed E-state index contributed by atoms with van der Waals surface area (Å²) in [6.45, 7) is 2.30. The van der Waals surface area contributed by atoms with E-state index in [1.165, 1.54) is 6.92 Å². The largest absolute Gasteiger partial charge is 0.416 e. The molecule has 12 heteroatoms. The average molecular weight is 456 g/mol. The lowest BCUT2D eigenvalue weighted by molar-refractivity contribution is -0.144. The second-order valence-electron chi connectivity index (χ2n) is 6.11. The van der Waals surface area contributed by atoms with Gasteiger partial charge in [0, 0.05) is 0 Å². The molecule has 0 saturated heterocycles. The van der Waals surface area contributed by atoms with Crippen molar-refractivity contribution in [3.63, 3.8) is 0 Å². The Morgan fingerprint density at radius 2 is 0.867 bits per heavy atom. The van der Waals surface area contributed by atoms with E-state index in [1.54, 1.807) is 0 Å². The minimum atomic E-state index is -4.76. The lowest BCUT2D eigenvalue weighted by Gasteiger charge is -2.13. The number of benzene rings is 2. The fourth-order valence-electron chi connectivity index (χ4n) is 2.21. The lowest BCUT2D eigenvalue weighted by Crippen LogP contribution is -2.12. The Morgan fingerprint density at radius 1 is 0.467 bits per heavy atom. The highest BCUT2D eigenvalue weighted by atomic mass is 19.4. The van der Waals surface area contributed by atoms with Crippen LogP contribution in [0.4, 0.5) is 52.7 Å². The van der Waals surface area contributed by atoms with Gasteiger partial charge in [-0.1, -0.05) is 6.07 Å². The van der Waals surface area contributed by atoms with E-state index in [-0.39, 0.29) is 23.3 Å². The Balaban J connectivity index is 0.000000300. The summed E-state index contributed by atoms with van der Waals surface area (Å²) in [5.74, 6) is 0. The smallest absolute Gasteiger partial charge is 0.166 e. The van der Waals surface area contributed by atoms with E-state index in [0.717, 1.165) is 13.0 Å². The van der Waals surface area contributed by atoms with Crippen LogP contribution >= 0.6 is 0 Å². The second kappa shape index (κ2) is 8.38. The van der Waals surface area contributed by atoms with E-state index >= 15 is 0 Å². The molecule has 0 unspecified atom stereocenters. The van der Waals surface area contributed by atoms with E-state index in [1.807, 2.05) is 0 Å². The van der Waals surface area contributed by atoms with Crippen LogP contribution in [0.15, 0.2) is 36.4 Å². The molecule has 0 aliphatic carbocycles. The first-order valence-electron chi connectivity index (χ1n) is 7.74. The summed E-state index contributed by atoms with van der Waals surface area (Å²) in [5, 5.41) is 0. The molecular formula is C18H12F12. The van der Waals surface area contributed by atoms with Gasteiger partial charge in [-0.2, -0.15) is 52.7 Å². The summed E-state index contributed by atoms with van der Waals surface area (Å²) in [4.78, 5) is 0. The van der Waals surface area contributed by atoms with E-state index in [0.29, 0.717) is 18.2 Å². The van der Waals surface area contributed by atoms with Crippen molar-refractivity contribution in [3.05, 3.63) is 69.8 Å². The Labute approximate surface area is 162 Å². The highest BCUT2D eigenvalue weighted by Gasteiger charge is 2.38. The molecule has 0 spiro atoms. The number of alkyl halides is 12. The van der Waals surface area contributed by atoms with Gasteiger partial charge in [-0.05, 0) is 55.3 Å². The minimum Gasteiger partial charge on any atom is -0.166 e. The molecule has 0 fully saturated rings. The van der Waals surface area contributed by atoms with Crippen LogP contribution in [0.5, 0.6) is 0 Å². The third-order valence-corrected chi connectivity index (χ3v) is 3.60. The lowest BCUT2D eigenvalue weighted by atomic mass is 10.0. The third kappa shape index (κ3) is 7.13. The number of hydrogen-bond donors (Lipinski definition) is 0. The summed E-state index contributed by atoms with van der Waals surface area (Å²) in [5.41, 5.74) is -5.41. The summed E-state index contributed by atoms with van der Waals surface area (Å²) in [6, 6.07) is 3.02. The van der Waals surface area contributed by atoms with Crippen molar-refractivity contribution in [1.82, 2.24) is 0 Å². The van der Waals surface area contributed by atoms with Crippen LogP contribution in [0.3, 0.4) is 0 Å². The molecular weight excluding hydrogens is 444 g/mol. The molecule has 0 nitrogen and oxygen atoms in total. The van der Waals surface area contributed by atoms with Gasteiger partial charge in [-0.3, -0.25) is 0 Å². The van der Waals surface area contributed by atoms with Gasteiger partial charge >= 0.3 is 24.7 Å². The molecule has 0 N–H and O–H groups in total. The van der Waals surface area contributed by atoms with E-state index < -0.39 is 47.0 Å². The SMILES string of the molecule is Cc1cc(C(F)(F)F)cc(C(F)(F)F)c1.Cc1ccc(C(F)(F)F)cc1C(F)(F)F. The van der Waals surface area contributed by atoms with Crippen LogP contribution in [0, 0.1) is 13.8 Å². The normalized spacial score (nSPS) is 13.0. The standard InChI is InChI=1S/2C9H6F6/c1-5-2-6(8(10,11)12)4-7(3-5)9(13,14)15;1-5-2-3-6(8(10,11)12)4-7(5)9(13,14)15/h2*2-4H,1H3. The molecule has 0 saturated carbocycles. The summed E-state index contributed by atoms with van der Waals surface area (Å²) >= 11 is 0. The fourth-order valence-corrected chi connectivity index (χ4v) is 2.21. The molecule has 0 amide bonds. The van der Waals surface area contributed by atoms with Gasteiger partial charge in [-0.15, -0.1) is 0 Å². The van der Waals surface area contributed by atoms with Gasteiger partial charge in [0.25, 0.3) is 0 Å². The van der Waals surface area contributed by atoms with Crippen molar-refractivity contribution in [3.8, 4) is 0 Å². The molecule has 0 aliphatic heterocycles. The quantitative estimate of drug-likeness (QED) is 0.352. The molecule has 30 heavy (non-hydrogen) atoms. The molecule has 2 aromatic rings. The fraction of sp³-hybridized carbons (Fsp3) is 0.333. The zero-order valence-corrected chi connectivity index (χ0v) is 15.0.